The molecule has 0 N–H and O–H groups in total. The molecule has 0 bridgehead atoms. The van der Waals surface area contributed by atoms with Crippen molar-refractivity contribution in [3.8, 4) is 10.6 Å². The summed E-state index contributed by atoms with van der Waals surface area (Å²) >= 11 is 1.52. The summed E-state index contributed by atoms with van der Waals surface area (Å²) in [5.41, 5.74) is 3.92. The Hall–Kier alpha value is -1.68. The predicted octanol–water partition coefficient (Wildman–Crippen LogP) is 3.52. The number of aryl methyl sites for hydroxylation is 2. The van der Waals surface area contributed by atoms with Crippen LogP contribution in [0, 0.1) is 20.8 Å². The van der Waals surface area contributed by atoms with Gasteiger partial charge in [-0.1, -0.05) is 18.2 Å². The molecule has 0 aliphatic rings. The Morgan fingerprint density at radius 2 is 2.00 bits per heavy atom. The summed E-state index contributed by atoms with van der Waals surface area (Å²) in [5, 5.41) is 0.870. The van der Waals surface area contributed by atoms with Crippen LogP contribution in [0.15, 0.2) is 18.2 Å². The van der Waals surface area contributed by atoms with E-state index in [1.54, 1.807) is 0 Å². The van der Waals surface area contributed by atoms with Gasteiger partial charge in [0.25, 0.3) is 0 Å². The number of rotatable bonds is 2. The summed E-state index contributed by atoms with van der Waals surface area (Å²) in [6.45, 7) is 6.03. The molecule has 0 fully saturated rings. The Morgan fingerprint density at radius 1 is 1.28 bits per heavy atom. The van der Waals surface area contributed by atoms with Gasteiger partial charge in [-0.15, -0.1) is 11.3 Å². The Bertz CT molecular complexity index is 602. The molecule has 0 saturated carbocycles. The van der Waals surface area contributed by atoms with Crippen molar-refractivity contribution in [2.75, 3.05) is 7.11 Å². The molecule has 0 radical (unpaired) electrons. The summed E-state index contributed by atoms with van der Waals surface area (Å²) in [5.74, 6) is -0.375. The number of benzene rings is 1. The van der Waals surface area contributed by atoms with Crippen molar-refractivity contribution < 1.29 is 9.53 Å². The predicted molar refractivity (Wildman–Crippen MR) is 73.1 cm³/mol. The lowest BCUT2D eigenvalue weighted by Gasteiger charge is -2.04. The molecule has 0 aliphatic heterocycles. The molecule has 1 aromatic heterocycles. The highest BCUT2D eigenvalue weighted by Gasteiger charge is 2.17. The number of methoxy groups -OCH3 is 1. The molecule has 1 aromatic carbocycles. The molecule has 2 aromatic rings. The van der Waals surface area contributed by atoms with Crippen LogP contribution in [-0.2, 0) is 4.74 Å². The molecule has 0 unspecified atom stereocenters. The van der Waals surface area contributed by atoms with Crippen molar-refractivity contribution in [2.45, 2.75) is 20.8 Å². The van der Waals surface area contributed by atoms with E-state index in [1.807, 2.05) is 19.1 Å². The minimum atomic E-state index is -0.375. The van der Waals surface area contributed by atoms with Gasteiger partial charge in [-0.3, -0.25) is 0 Å². The van der Waals surface area contributed by atoms with Crippen LogP contribution < -0.4 is 0 Å². The van der Waals surface area contributed by atoms with E-state index in [0.29, 0.717) is 5.69 Å². The zero-order valence-corrected chi connectivity index (χ0v) is 11.7. The molecule has 0 aliphatic carbocycles. The van der Waals surface area contributed by atoms with Gasteiger partial charge in [-0.25, -0.2) is 9.78 Å². The van der Waals surface area contributed by atoms with Gasteiger partial charge in [0.05, 0.1) is 7.11 Å². The smallest absolute Gasteiger partial charge is 0.357 e. The number of aromatic nitrogens is 1. The molecule has 18 heavy (non-hydrogen) atoms. The third kappa shape index (κ3) is 2.16. The highest BCUT2D eigenvalue weighted by Crippen LogP contribution is 2.31. The van der Waals surface area contributed by atoms with Crippen LogP contribution in [0.3, 0.4) is 0 Å². The minimum Gasteiger partial charge on any atom is -0.464 e. The third-order valence-electron chi connectivity index (χ3n) is 3.01. The van der Waals surface area contributed by atoms with Gasteiger partial charge < -0.3 is 4.74 Å². The number of nitrogens with zero attached hydrogens (tertiary/aromatic N) is 1. The number of hydrogen-bond donors (Lipinski definition) is 0. The van der Waals surface area contributed by atoms with Crippen LogP contribution in [0.2, 0.25) is 0 Å². The zero-order valence-electron chi connectivity index (χ0n) is 10.9. The SMILES string of the molecule is COC(=O)c1nc(-c2cccc(C)c2C)sc1C. The Labute approximate surface area is 110 Å². The molecular formula is C14H15NO2S. The number of carbonyl (C=O) groups excluding carboxylic acids is 1. The van der Waals surface area contributed by atoms with E-state index < -0.39 is 0 Å². The summed E-state index contributed by atoms with van der Waals surface area (Å²) in [7, 11) is 1.37. The van der Waals surface area contributed by atoms with Gasteiger partial charge in [0.1, 0.15) is 5.01 Å². The maximum absolute atomic E-state index is 11.6. The second-order valence-electron chi connectivity index (χ2n) is 4.16. The monoisotopic (exact) mass is 261 g/mol. The van der Waals surface area contributed by atoms with E-state index in [0.717, 1.165) is 15.4 Å². The fraction of sp³-hybridized carbons (Fsp3) is 0.286. The normalized spacial score (nSPS) is 10.4. The maximum Gasteiger partial charge on any atom is 0.357 e. The molecule has 0 saturated heterocycles. The number of ether oxygens (including phenoxy) is 1. The third-order valence-corrected chi connectivity index (χ3v) is 4.01. The van der Waals surface area contributed by atoms with Crippen molar-refractivity contribution in [2.24, 2.45) is 0 Å². The molecule has 2 rings (SSSR count). The van der Waals surface area contributed by atoms with Gasteiger partial charge in [-0.2, -0.15) is 0 Å². The van der Waals surface area contributed by atoms with E-state index in [2.05, 4.69) is 24.9 Å². The van der Waals surface area contributed by atoms with Gasteiger partial charge >= 0.3 is 5.97 Å². The first-order valence-corrected chi connectivity index (χ1v) is 6.48. The lowest BCUT2D eigenvalue weighted by atomic mass is 10.0. The van der Waals surface area contributed by atoms with E-state index >= 15 is 0 Å². The standard InChI is InChI=1S/C14H15NO2S/c1-8-6-5-7-11(9(8)2)13-15-12(10(3)18-13)14(16)17-4/h5-7H,1-4H3. The quantitative estimate of drug-likeness (QED) is 0.776. The van der Waals surface area contributed by atoms with Gasteiger partial charge in [0.15, 0.2) is 5.69 Å². The fourth-order valence-corrected chi connectivity index (χ4v) is 2.76. The van der Waals surface area contributed by atoms with Gasteiger partial charge in [-0.05, 0) is 31.9 Å². The first-order chi connectivity index (χ1) is 8.54. The van der Waals surface area contributed by atoms with Crippen molar-refractivity contribution >= 4 is 17.3 Å². The zero-order chi connectivity index (χ0) is 13.3. The molecular weight excluding hydrogens is 246 g/mol. The summed E-state index contributed by atoms with van der Waals surface area (Å²) in [4.78, 5) is 16.8. The Kier molecular flexibility index (Phi) is 3.48. The Balaban J connectivity index is 2.53. The van der Waals surface area contributed by atoms with Gasteiger partial charge in [0.2, 0.25) is 0 Å². The minimum absolute atomic E-state index is 0.375. The molecule has 3 nitrogen and oxygen atoms in total. The molecule has 1 heterocycles. The average molecular weight is 261 g/mol. The van der Waals surface area contributed by atoms with Crippen molar-refractivity contribution in [3.63, 3.8) is 0 Å². The number of esters is 1. The van der Waals surface area contributed by atoms with Crippen molar-refractivity contribution in [1.82, 2.24) is 4.98 Å². The van der Waals surface area contributed by atoms with E-state index in [9.17, 15) is 4.79 Å². The lowest BCUT2D eigenvalue weighted by Crippen LogP contribution is -2.03. The lowest BCUT2D eigenvalue weighted by molar-refractivity contribution is 0.0594. The Morgan fingerprint density at radius 3 is 2.67 bits per heavy atom. The van der Waals surface area contributed by atoms with Crippen molar-refractivity contribution in [3.05, 3.63) is 39.9 Å². The summed E-state index contributed by atoms with van der Waals surface area (Å²) in [6.07, 6.45) is 0. The molecule has 0 atom stereocenters. The first kappa shape index (κ1) is 12.8. The average Bonchev–Trinajstić information content (AvgIpc) is 2.73. The second kappa shape index (κ2) is 4.90. The second-order valence-corrected chi connectivity index (χ2v) is 5.37. The number of carbonyl (C=O) groups is 1. The van der Waals surface area contributed by atoms with Crippen LogP contribution in [0.5, 0.6) is 0 Å². The summed E-state index contributed by atoms with van der Waals surface area (Å²) in [6, 6.07) is 6.11. The molecule has 94 valence electrons. The van der Waals surface area contributed by atoms with Crippen LogP contribution >= 0.6 is 11.3 Å². The van der Waals surface area contributed by atoms with Crippen molar-refractivity contribution in [1.29, 1.82) is 0 Å². The van der Waals surface area contributed by atoms with Crippen LogP contribution in [-0.4, -0.2) is 18.1 Å². The maximum atomic E-state index is 11.6. The fourth-order valence-electron chi connectivity index (χ4n) is 1.78. The van der Waals surface area contributed by atoms with Crippen LogP contribution in [0.4, 0.5) is 0 Å². The highest BCUT2D eigenvalue weighted by molar-refractivity contribution is 7.15. The molecule has 0 spiro atoms. The largest absolute Gasteiger partial charge is 0.464 e. The first-order valence-electron chi connectivity index (χ1n) is 5.67. The topological polar surface area (TPSA) is 39.2 Å². The van der Waals surface area contributed by atoms with Crippen LogP contribution in [0.1, 0.15) is 26.5 Å². The van der Waals surface area contributed by atoms with E-state index in [1.165, 1.54) is 29.6 Å². The summed E-state index contributed by atoms with van der Waals surface area (Å²) < 4.78 is 4.73. The highest BCUT2D eigenvalue weighted by atomic mass is 32.1. The number of hydrogen-bond acceptors (Lipinski definition) is 4. The van der Waals surface area contributed by atoms with E-state index in [4.69, 9.17) is 4.74 Å². The van der Waals surface area contributed by atoms with E-state index in [-0.39, 0.29) is 5.97 Å². The van der Waals surface area contributed by atoms with Crippen LogP contribution in [0.25, 0.3) is 10.6 Å². The molecule has 4 heteroatoms. The molecule has 0 amide bonds. The van der Waals surface area contributed by atoms with Gasteiger partial charge in [0, 0.05) is 10.4 Å². The number of thiazole rings is 1.